The number of rotatable bonds is 7. The van der Waals surface area contributed by atoms with Crippen molar-refractivity contribution < 1.29 is 19.0 Å². The summed E-state index contributed by atoms with van der Waals surface area (Å²) in [5.74, 6) is 0.233. The number of ether oxygens (including phenoxy) is 1. The number of H-pyrrole nitrogens is 1. The van der Waals surface area contributed by atoms with Crippen LogP contribution in [0.15, 0.2) is 42.6 Å². The zero-order valence-corrected chi connectivity index (χ0v) is 19.8. The van der Waals surface area contributed by atoms with Crippen LogP contribution in [0.25, 0.3) is 11.1 Å². The number of hydrogen-bond donors (Lipinski definition) is 2. The third-order valence-corrected chi connectivity index (χ3v) is 7.89. The Balaban J connectivity index is 1.18. The van der Waals surface area contributed by atoms with Crippen LogP contribution in [0, 0.1) is 12.7 Å². The van der Waals surface area contributed by atoms with Crippen molar-refractivity contribution in [3.8, 4) is 11.1 Å². The van der Waals surface area contributed by atoms with Gasteiger partial charge in [0.1, 0.15) is 11.6 Å². The van der Waals surface area contributed by atoms with Crippen LogP contribution < -0.4 is 4.90 Å². The monoisotopic (exact) mass is 475 g/mol. The molecular weight excluding hydrogens is 445 g/mol. The van der Waals surface area contributed by atoms with Gasteiger partial charge in [-0.15, -0.1) is 0 Å². The summed E-state index contributed by atoms with van der Waals surface area (Å²) in [5.41, 5.74) is 4.62. The lowest BCUT2D eigenvalue weighted by molar-refractivity contribution is 0.0149. The van der Waals surface area contributed by atoms with E-state index < -0.39 is 5.97 Å². The summed E-state index contributed by atoms with van der Waals surface area (Å²) in [7, 11) is 0. The molecule has 2 N–H and O–H groups in total. The first-order chi connectivity index (χ1) is 17.0. The molecule has 182 valence electrons. The van der Waals surface area contributed by atoms with E-state index in [0.717, 1.165) is 42.6 Å². The molecule has 3 aromatic rings. The molecule has 35 heavy (non-hydrogen) atoms. The van der Waals surface area contributed by atoms with Crippen LogP contribution in [0.2, 0.25) is 0 Å². The normalized spacial score (nSPS) is 23.6. The van der Waals surface area contributed by atoms with E-state index in [9.17, 15) is 14.3 Å². The predicted molar refractivity (Wildman–Crippen MR) is 131 cm³/mol. The number of halogens is 1. The molecule has 2 atom stereocenters. The minimum Gasteiger partial charge on any atom is -0.478 e. The zero-order chi connectivity index (χ0) is 24.1. The van der Waals surface area contributed by atoms with Gasteiger partial charge in [-0.3, -0.25) is 0 Å². The Labute approximate surface area is 204 Å². The van der Waals surface area contributed by atoms with Crippen LogP contribution in [0.3, 0.4) is 0 Å². The lowest BCUT2D eigenvalue weighted by Crippen LogP contribution is -2.46. The molecule has 2 bridgehead atoms. The van der Waals surface area contributed by atoms with Crippen molar-refractivity contribution in [2.24, 2.45) is 0 Å². The Hall–Kier alpha value is -3.19. The molecule has 4 heterocycles. The van der Waals surface area contributed by atoms with E-state index in [1.165, 1.54) is 24.6 Å². The number of aryl methyl sites for hydroxylation is 1. The highest BCUT2D eigenvalue weighted by Gasteiger charge is 2.42. The van der Waals surface area contributed by atoms with Gasteiger partial charge < -0.3 is 19.7 Å². The highest BCUT2D eigenvalue weighted by Crippen LogP contribution is 2.45. The number of aromatic nitrogens is 2. The van der Waals surface area contributed by atoms with Gasteiger partial charge in [0.15, 0.2) is 0 Å². The van der Waals surface area contributed by atoms with E-state index in [1.54, 1.807) is 19.1 Å². The van der Waals surface area contributed by atoms with E-state index in [4.69, 9.17) is 4.74 Å². The minimum absolute atomic E-state index is 0.138. The first-order valence-corrected chi connectivity index (χ1v) is 12.6. The molecule has 6 nitrogen and oxygen atoms in total. The van der Waals surface area contributed by atoms with Crippen molar-refractivity contribution in [2.75, 3.05) is 4.90 Å². The Kier molecular flexibility index (Phi) is 5.60. The highest BCUT2D eigenvalue weighted by atomic mass is 19.1. The Morgan fingerprint density at radius 3 is 2.51 bits per heavy atom. The summed E-state index contributed by atoms with van der Waals surface area (Å²) in [5, 5.41) is 9.33. The number of carboxylic acids is 1. The van der Waals surface area contributed by atoms with Gasteiger partial charge in [-0.05, 0) is 69.6 Å². The van der Waals surface area contributed by atoms with Gasteiger partial charge in [0.2, 0.25) is 0 Å². The lowest BCUT2D eigenvalue weighted by atomic mass is 9.98. The number of nitrogens with zero attached hydrogens (tertiary/aromatic N) is 2. The zero-order valence-electron chi connectivity index (χ0n) is 19.8. The molecule has 2 saturated heterocycles. The van der Waals surface area contributed by atoms with E-state index in [-0.39, 0.29) is 17.5 Å². The van der Waals surface area contributed by atoms with Gasteiger partial charge in [0.25, 0.3) is 0 Å². The van der Waals surface area contributed by atoms with Crippen LogP contribution >= 0.6 is 0 Å². The molecule has 2 aromatic heterocycles. The van der Waals surface area contributed by atoms with Crippen LogP contribution in [0.1, 0.15) is 71.8 Å². The van der Waals surface area contributed by atoms with Gasteiger partial charge in [-0.25, -0.2) is 14.2 Å². The maximum atomic E-state index is 14.6. The Bertz CT molecular complexity index is 1250. The second-order valence-electron chi connectivity index (χ2n) is 10.2. The number of aromatic carboxylic acids is 1. The van der Waals surface area contributed by atoms with Crippen molar-refractivity contribution in [1.29, 1.82) is 0 Å². The van der Waals surface area contributed by atoms with E-state index >= 15 is 0 Å². The fourth-order valence-electron chi connectivity index (χ4n) is 6.04. The average Bonchev–Trinajstić information content (AvgIpc) is 3.54. The van der Waals surface area contributed by atoms with Crippen molar-refractivity contribution in [3.05, 3.63) is 70.9 Å². The molecule has 1 saturated carbocycles. The summed E-state index contributed by atoms with van der Waals surface area (Å²) >= 11 is 0. The highest BCUT2D eigenvalue weighted by molar-refractivity contribution is 5.89. The molecule has 0 spiro atoms. The molecule has 2 aliphatic heterocycles. The number of carboxylic acid groups (broad SMARTS) is 1. The van der Waals surface area contributed by atoms with Gasteiger partial charge in [0, 0.05) is 40.7 Å². The van der Waals surface area contributed by atoms with Crippen LogP contribution in [-0.2, 0) is 11.3 Å². The van der Waals surface area contributed by atoms with Crippen molar-refractivity contribution >= 4 is 11.8 Å². The maximum Gasteiger partial charge on any atom is 0.337 e. The number of nitrogens with one attached hydrogen (secondary N) is 1. The number of carbonyl (C=O) groups is 1. The quantitative estimate of drug-likeness (QED) is 0.450. The third kappa shape index (κ3) is 4.12. The van der Waals surface area contributed by atoms with Gasteiger partial charge in [0.05, 0.1) is 24.0 Å². The standard InChI is InChI=1S/C28H30FN3O3/c1-16-21(28(33)34)10-11-26(31-16)32-18-8-9-19(32)13-20(12-18)35-15-24-23(14-30-27(24)17-6-7-17)22-4-2-3-5-25(22)29/h2-5,10-11,14,17-20,30H,6-9,12-13,15H2,1H3,(H,33,34). The van der Waals surface area contributed by atoms with Crippen LogP contribution in [0.5, 0.6) is 0 Å². The Morgan fingerprint density at radius 1 is 1.11 bits per heavy atom. The number of pyridine rings is 1. The fraction of sp³-hybridized carbons (Fsp3) is 0.429. The molecule has 1 aliphatic carbocycles. The average molecular weight is 476 g/mol. The second-order valence-corrected chi connectivity index (χ2v) is 10.2. The van der Waals surface area contributed by atoms with Gasteiger partial charge in [-0.1, -0.05) is 18.2 Å². The molecule has 6 rings (SSSR count). The number of hydrogen-bond acceptors (Lipinski definition) is 4. The molecule has 2 unspecified atom stereocenters. The van der Waals surface area contributed by atoms with E-state index in [1.807, 2.05) is 24.4 Å². The lowest BCUT2D eigenvalue weighted by Gasteiger charge is -2.40. The molecule has 1 aromatic carbocycles. The topological polar surface area (TPSA) is 78.5 Å². The molecule has 3 fully saturated rings. The molecule has 0 amide bonds. The van der Waals surface area contributed by atoms with E-state index in [0.29, 0.717) is 35.9 Å². The second kappa shape index (κ2) is 8.79. The van der Waals surface area contributed by atoms with Crippen molar-refractivity contribution in [1.82, 2.24) is 9.97 Å². The summed E-state index contributed by atoms with van der Waals surface area (Å²) in [6, 6.07) is 11.1. The van der Waals surface area contributed by atoms with E-state index in [2.05, 4.69) is 14.9 Å². The largest absolute Gasteiger partial charge is 0.478 e. The number of piperidine rings is 1. The van der Waals surface area contributed by atoms with Crippen molar-refractivity contribution in [3.63, 3.8) is 0 Å². The minimum atomic E-state index is -0.943. The number of benzene rings is 1. The number of fused-ring (bicyclic) bond motifs is 2. The van der Waals surface area contributed by atoms with Crippen LogP contribution in [-0.4, -0.2) is 39.2 Å². The molecular formula is C28H30FN3O3. The van der Waals surface area contributed by atoms with Crippen molar-refractivity contribution in [2.45, 2.75) is 76.2 Å². The van der Waals surface area contributed by atoms with Crippen LogP contribution in [0.4, 0.5) is 10.2 Å². The van der Waals surface area contributed by atoms with Gasteiger partial charge >= 0.3 is 5.97 Å². The third-order valence-electron chi connectivity index (χ3n) is 7.89. The molecule has 7 heteroatoms. The van der Waals surface area contributed by atoms with Gasteiger partial charge in [-0.2, -0.15) is 0 Å². The maximum absolute atomic E-state index is 14.6. The first-order valence-electron chi connectivity index (χ1n) is 12.6. The fourth-order valence-corrected chi connectivity index (χ4v) is 6.04. The summed E-state index contributed by atoms with van der Waals surface area (Å²) in [6.07, 6.45) is 8.41. The molecule has 0 radical (unpaired) electrons. The number of aromatic amines is 1. The first kappa shape index (κ1) is 22.3. The Morgan fingerprint density at radius 2 is 1.86 bits per heavy atom. The number of anilines is 1. The smallest absolute Gasteiger partial charge is 0.337 e. The predicted octanol–water partition coefficient (Wildman–Crippen LogP) is 5.82. The SMILES string of the molecule is Cc1nc(N2C3CCC2CC(OCc2c(-c4ccccc4F)c[nH]c2C2CC2)C3)ccc1C(=O)O. The summed E-state index contributed by atoms with van der Waals surface area (Å²) in [6.45, 7) is 2.24. The summed E-state index contributed by atoms with van der Waals surface area (Å²) in [4.78, 5) is 21.8. The molecule has 3 aliphatic rings. The summed E-state index contributed by atoms with van der Waals surface area (Å²) < 4.78 is 21.1.